The SMILES string of the molecule is Cc1c(C#N)c(NC(=O)COC(=O)c2cc(C)n(Cc3ccco3)c2C)n(Cc2ccco2)c1C. The molecule has 0 saturated carbocycles. The Bertz CT molecular complexity index is 1400. The van der Waals surface area contributed by atoms with Crippen molar-refractivity contribution in [1.82, 2.24) is 9.13 Å². The van der Waals surface area contributed by atoms with E-state index in [4.69, 9.17) is 13.6 Å². The van der Waals surface area contributed by atoms with Gasteiger partial charge >= 0.3 is 5.97 Å². The molecule has 35 heavy (non-hydrogen) atoms. The second-order valence-electron chi connectivity index (χ2n) is 8.29. The van der Waals surface area contributed by atoms with Crippen molar-refractivity contribution in [2.45, 2.75) is 40.8 Å². The number of aromatic nitrogens is 2. The van der Waals surface area contributed by atoms with Crippen LogP contribution >= 0.6 is 0 Å². The van der Waals surface area contributed by atoms with E-state index in [-0.39, 0.29) is 0 Å². The summed E-state index contributed by atoms with van der Waals surface area (Å²) in [6.45, 7) is 7.74. The number of carbonyl (C=O) groups excluding carboxylic acids is 2. The lowest BCUT2D eigenvalue weighted by molar-refractivity contribution is -0.119. The maximum atomic E-state index is 12.7. The number of esters is 1. The maximum Gasteiger partial charge on any atom is 0.340 e. The number of rotatable bonds is 8. The van der Waals surface area contributed by atoms with Crippen molar-refractivity contribution in [2.75, 3.05) is 11.9 Å². The summed E-state index contributed by atoms with van der Waals surface area (Å²) in [5, 5.41) is 12.4. The molecule has 0 spiro atoms. The predicted molar refractivity (Wildman–Crippen MR) is 127 cm³/mol. The first-order valence-corrected chi connectivity index (χ1v) is 11.1. The number of nitriles is 1. The van der Waals surface area contributed by atoms with E-state index in [0.29, 0.717) is 35.8 Å². The summed E-state index contributed by atoms with van der Waals surface area (Å²) >= 11 is 0. The van der Waals surface area contributed by atoms with Crippen molar-refractivity contribution in [3.8, 4) is 6.07 Å². The number of hydrogen-bond acceptors (Lipinski definition) is 6. The molecule has 0 aliphatic rings. The highest BCUT2D eigenvalue weighted by molar-refractivity contribution is 5.96. The second-order valence-corrected chi connectivity index (χ2v) is 8.29. The lowest BCUT2D eigenvalue weighted by Gasteiger charge is -2.12. The van der Waals surface area contributed by atoms with Crippen LogP contribution in [0.4, 0.5) is 5.82 Å². The second kappa shape index (κ2) is 9.81. The van der Waals surface area contributed by atoms with E-state index < -0.39 is 18.5 Å². The first-order valence-electron chi connectivity index (χ1n) is 11.1. The Morgan fingerprint density at radius 2 is 1.63 bits per heavy atom. The Morgan fingerprint density at radius 3 is 2.20 bits per heavy atom. The minimum Gasteiger partial charge on any atom is -0.467 e. The highest BCUT2D eigenvalue weighted by Crippen LogP contribution is 2.27. The fourth-order valence-corrected chi connectivity index (χ4v) is 4.07. The summed E-state index contributed by atoms with van der Waals surface area (Å²) in [4.78, 5) is 25.4. The largest absolute Gasteiger partial charge is 0.467 e. The van der Waals surface area contributed by atoms with Crippen LogP contribution in [-0.2, 0) is 22.6 Å². The topological polar surface area (TPSA) is 115 Å². The van der Waals surface area contributed by atoms with E-state index in [9.17, 15) is 14.9 Å². The minimum absolute atomic E-state index is 0.344. The van der Waals surface area contributed by atoms with Crippen molar-refractivity contribution in [3.63, 3.8) is 0 Å². The van der Waals surface area contributed by atoms with Gasteiger partial charge in [0.2, 0.25) is 0 Å². The molecule has 1 N–H and O–H groups in total. The molecule has 0 atom stereocenters. The Morgan fingerprint density at radius 1 is 1.00 bits per heavy atom. The Kier molecular flexibility index (Phi) is 6.64. The number of nitrogens with one attached hydrogen (secondary N) is 1. The van der Waals surface area contributed by atoms with Crippen LogP contribution in [0, 0.1) is 39.0 Å². The molecule has 0 unspecified atom stereocenters. The van der Waals surface area contributed by atoms with Gasteiger partial charge in [0, 0.05) is 17.1 Å². The lowest BCUT2D eigenvalue weighted by Crippen LogP contribution is -2.23. The first kappa shape index (κ1) is 23.7. The third-order valence-corrected chi connectivity index (χ3v) is 6.11. The molecule has 0 saturated heterocycles. The zero-order chi connectivity index (χ0) is 25.1. The van der Waals surface area contributed by atoms with Gasteiger partial charge in [-0.15, -0.1) is 0 Å². The van der Waals surface area contributed by atoms with Gasteiger partial charge in [-0.05, 0) is 63.6 Å². The Balaban J connectivity index is 1.46. The average Bonchev–Trinajstić information content (AvgIpc) is 3.62. The number of amides is 1. The van der Waals surface area contributed by atoms with Gasteiger partial charge in [-0.3, -0.25) is 4.79 Å². The van der Waals surface area contributed by atoms with Gasteiger partial charge in [0.25, 0.3) is 5.91 Å². The first-order chi connectivity index (χ1) is 16.8. The smallest absolute Gasteiger partial charge is 0.340 e. The molecule has 4 aromatic rings. The zero-order valence-corrected chi connectivity index (χ0v) is 20.0. The van der Waals surface area contributed by atoms with E-state index in [2.05, 4.69) is 11.4 Å². The third kappa shape index (κ3) is 4.77. The highest BCUT2D eigenvalue weighted by Gasteiger charge is 2.22. The molecule has 180 valence electrons. The van der Waals surface area contributed by atoms with E-state index in [1.807, 2.05) is 50.5 Å². The van der Waals surface area contributed by atoms with Crippen molar-refractivity contribution < 1.29 is 23.2 Å². The normalized spacial score (nSPS) is 10.8. The van der Waals surface area contributed by atoms with Crippen molar-refractivity contribution in [1.29, 1.82) is 5.26 Å². The molecule has 4 heterocycles. The van der Waals surface area contributed by atoms with Crippen molar-refractivity contribution >= 4 is 17.7 Å². The summed E-state index contributed by atoms with van der Waals surface area (Å²) in [5.41, 5.74) is 3.91. The molecule has 0 fully saturated rings. The molecule has 0 radical (unpaired) electrons. The number of anilines is 1. The van der Waals surface area contributed by atoms with Gasteiger partial charge in [-0.1, -0.05) is 0 Å². The molecule has 9 nitrogen and oxygen atoms in total. The number of nitrogens with zero attached hydrogens (tertiary/aromatic N) is 3. The van der Waals surface area contributed by atoms with Crippen LogP contribution in [0.3, 0.4) is 0 Å². The van der Waals surface area contributed by atoms with E-state index in [1.54, 1.807) is 29.2 Å². The molecule has 9 heteroatoms. The van der Waals surface area contributed by atoms with Gasteiger partial charge in [-0.2, -0.15) is 5.26 Å². The molecule has 0 aromatic carbocycles. The van der Waals surface area contributed by atoms with Crippen molar-refractivity contribution in [2.24, 2.45) is 0 Å². The highest BCUT2D eigenvalue weighted by atomic mass is 16.5. The van der Waals surface area contributed by atoms with Gasteiger partial charge < -0.3 is 28.0 Å². The Labute approximate surface area is 202 Å². The summed E-state index contributed by atoms with van der Waals surface area (Å²) in [7, 11) is 0. The quantitative estimate of drug-likeness (QED) is 0.377. The maximum absolute atomic E-state index is 12.7. The number of hydrogen-bond donors (Lipinski definition) is 1. The summed E-state index contributed by atoms with van der Waals surface area (Å²) in [6.07, 6.45) is 3.17. The van der Waals surface area contributed by atoms with E-state index >= 15 is 0 Å². The van der Waals surface area contributed by atoms with Gasteiger partial charge in [0.15, 0.2) is 6.61 Å². The molecule has 4 aromatic heterocycles. The molecule has 0 aliphatic heterocycles. The van der Waals surface area contributed by atoms with E-state index in [0.717, 1.165) is 28.4 Å². The van der Waals surface area contributed by atoms with Crippen LogP contribution in [0.25, 0.3) is 0 Å². The van der Waals surface area contributed by atoms with Gasteiger partial charge in [0.05, 0.1) is 36.7 Å². The van der Waals surface area contributed by atoms with Crippen LogP contribution in [0.5, 0.6) is 0 Å². The molecular formula is C26H26N4O5. The van der Waals surface area contributed by atoms with Crippen LogP contribution in [0.2, 0.25) is 0 Å². The van der Waals surface area contributed by atoms with E-state index in [1.165, 1.54) is 0 Å². The lowest BCUT2D eigenvalue weighted by atomic mass is 10.2. The number of aryl methyl sites for hydroxylation is 1. The van der Waals surface area contributed by atoms with Crippen LogP contribution in [0.1, 0.15) is 50.1 Å². The van der Waals surface area contributed by atoms with Crippen LogP contribution in [0.15, 0.2) is 51.7 Å². The summed E-state index contributed by atoms with van der Waals surface area (Å²) in [5.74, 6) is 0.647. The average molecular weight is 475 g/mol. The Hall–Kier alpha value is -4.45. The molecule has 4 rings (SSSR count). The number of carbonyl (C=O) groups is 2. The molecular weight excluding hydrogens is 448 g/mol. The molecule has 0 bridgehead atoms. The monoisotopic (exact) mass is 474 g/mol. The molecule has 1 amide bonds. The number of furan rings is 2. The standard InChI is InChI=1S/C26H26N4O5/c1-16-11-22(19(4)29(16)13-20-7-5-9-33-20)26(32)35-15-24(31)28-25-23(12-27)17(2)18(3)30(25)14-21-8-6-10-34-21/h5-11H,13-15H2,1-4H3,(H,28,31). The fourth-order valence-electron chi connectivity index (χ4n) is 4.07. The summed E-state index contributed by atoms with van der Waals surface area (Å²) < 4.78 is 19.9. The van der Waals surface area contributed by atoms with Gasteiger partial charge in [-0.25, -0.2) is 4.79 Å². The van der Waals surface area contributed by atoms with Gasteiger partial charge in [0.1, 0.15) is 23.4 Å². The van der Waals surface area contributed by atoms with Crippen LogP contribution < -0.4 is 5.32 Å². The fraction of sp³-hybridized carbons (Fsp3) is 0.269. The third-order valence-electron chi connectivity index (χ3n) is 6.11. The number of ether oxygens (including phenoxy) is 1. The molecule has 0 aliphatic carbocycles. The predicted octanol–water partition coefficient (Wildman–Crippen LogP) is 4.47. The zero-order valence-electron chi connectivity index (χ0n) is 20.0. The summed E-state index contributed by atoms with van der Waals surface area (Å²) in [6, 6.07) is 11.1. The van der Waals surface area contributed by atoms with Crippen molar-refractivity contribution in [3.05, 3.63) is 88.2 Å². The minimum atomic E-state index is -0.599. The van der Waals surface area contributed by atoms with Crippen LogP contribution in [-0.4, -0.2) is 27.6 Å².